The van der Waals surface area contributed by atoms with Gasteiger partial charge in [0.25, 0.3) is 0 Å². The number of rotatable bonds is 5. The first kappa shape index (κ1) is 16.2. The summed E-state index contributed by atoms with van der Waals surface area (Å²) in [4.78, 5) is 8.98. The van der Waals surface area contributed by atoms with Crippen LogP contribution >= 0.6 is 11.3 Å². The van der Waals surface area contributed by atoms with Gasteiger partial charge in [-0.2, -0.15) is 5.10 Å². The van der Waals surface area contributed by atoms with Crippen molar-refractivity contribution in [1.29, 1.82) is 0 Å². The van der Waals surface area contributed by atoms with Crippen molar-refractivity contribution in [3.05, 3.63) is 33.5 Å². The lowest BCUT2D eigenvalue weighted by Gasteiger charge is -2.31. The zero-order valence-electron chi connectivity index (χ0n) is 14.2. The lowest BCUT2D eigenvalue weighted by Crippen LogP contribution is -2.34. The second-order valence-corrected chi connectivity index (χ2v) is 8.15. The molecule has 1 N–H and O–H groups in total. The van der Waals surface area contributed by atoms with Gasteiger partial charge in [0.2, 0.25) is 0 Å². The van der Waals surface area contributed by atoms with Gasteiger partial charge in [0, 0.05) is 23.5 Å². The van der Waals surface area contributed by atoms with Gasteiger partial charge in [-0.3, -0.25) is 9.58 Å². The Balaban J connectivity index is 1.40. The molecule has 0 bridgehead atoms. The second-order valence-electron chi connectivity index (χ2n) is 6.99. The predicted octanol–water partition coefficient (Wildman–Crippen LogP) is 2.59. The van der Waals surface area contributed by atoms with E-state index in [0.29, 0.717) is 12.5 Å². The maximum atomic E-state index is 9.04. The fourth-order valence-corrected chi connectivity index (χ4v) is 5.13. The summed E-state index contributed by atoms with van der Waals surface area (Å²) in [7, 11) is 0. The van der Waals surface area contributed by atoms with Crippen LogP contribution in [0.25, 0.3) is 0 Å². The SMILES string of the molecule is OCCn1ccc([C@H]2CCCN(Cc3nc4c(s3)CCCC4)C2)n1. The van der Waals surface area contributed by atoms with Gasteiger partial charge < -0.3 is 5.11 Å². The molecule has 1 fully saturated rings. The molecule has 3 heterocycles. The first-order valence-electron chi connectivity index (χ1n) is 9.16. The average molecular weight is 347 g/mol. The number of likely N-dealkylation sites (tertiary alicyclic amines) is 1. The summed E-state index contributed by atoms with van der Waals surface area (Å²) in [5, 5.41) is 15.0. The molecule has 5 nitrogen and oxygen atoms in total. The minimum atomic E-state index is 0.145. The van der Waals surface area contributed by atoms with Crippen LogP contribution in [-0.2, 0) is 25.9 Å². The molecular weight excluding hydrogens is 320 g/mol. The molecule has 6 heteroatoms. The van der Waals surface area contributed by atoms with Gasteiger partial charge in [0.15, 0.2) is 0 Å². The molecule has 2 aromatic rings. The monoisotopic (exact) mass is 346 g/mol. The number of aryl methyl sites for hydroxylation is 2. The summed E-state index contributed by atoms with van der Waals surface area (Å²) in [5.41, 5.74) is 2.55. The number of aromatic nitrogens is 3. The summed E-state index contributed by atoms with van der Waals surface area (Å²) in [6.45, 7) is 3.96. The van der Waals surface area contributed by atoms with Crippen molar-refractivity contribution in [3.63, 3.8) is 0 Å². The van der Waals surface area contributed by atoms with Gasteiger partial charge in [-0.1, -0.05) is 0 Å². The van der Waals surface area contributed by atoms with Crippen molar-refractivity contribution in [2.75, 3.05) is 19.7 Å². The van der Waals surface area contributed by atoms with Crippen LogP contribution in [0.1, 0.15) is 52.9 Å². The highest BCUT2D eigenvalue weighted by molar-refractivity contribution is 7.11. The number of thiazole rings is 1. The predicted molar refractivity (Wildman–Crippen MR) is 95.3 cm³/mol. The second kappa shape index (κ2) is 7.33. The van der Waals surface area contributed by atoms with Crippen molar-refractivity contribution in [1.82, 2.24) is 19.7 Å². The summed E-state index contributed by atoms with van der Waals surface area (Å²) in [5.74, 6) is 0.508. The molecule has 1 atom stereocenters. The minimum absolute atomic E-state index is 0.145. The van der Waals surface area contributed by atoms with Gasteiger partial charge in [-0.25, -0.2) is 4.98 Å². The molecule has 2 aliphatic rings. The van der Waals surface area contributed by atoms with E-state index < -0.39 is 0 Å². The topological polar surface area (TPSA) is 54.2 Å². The summed E-state index contributed by atoms with van der Waals surface area (Å²) in [6, 6.07) is 2.12. The summed E-state index contributed by atoms with van der Waals surface area (Å²) in [6.07, 6.45) is 9.47. The van der Waals surface area contributed by atoms with E-state index in [1.165, 1.54) is 59.8 Å². The van der Waals surface area contributed by atoms with Crippen LogP contribution in [0.3, 0.4) is 0 Å². The van der Waals surface area contributed by atoms with E-state index in [2.05, 4.69) is 16.1 Å². The van der Waals surface area contributed by atoms with Crippen LogP contribution in [0, 0.1) is 0 Å². The Morgan fingerprint density at radius 3 is 3.04 bits per heavy atom. The van der Waals surface area contributed by atoms with Crippen molar-refractivity contribution >= 4 is 11.3 Å². The molecule has 2 aromatic heterocycles. The minimum Gasteiger partial charge on any atom is -0.394 e. The van der Waals surface area contributed by atoms with Crippen LogP contribution in [0.5, 0.6) is 0 Å². The fraction of sp³-hybridized carbons (Fsp3) is 0.667. The Bertz CT molecular complexity index is 657. The maximum absolute atomic E-state index is 9.04. The molecular formula is C18H26N4OS. The van der Waals surface area contributed by atoms with E-state index in [-0.39, 0.29) is 6.61 Å². The third-order valence-electron chi connectivity index (χ3n) is 5.16. The molecule has 24 heavy (non-hydrogen) atoms. The van der Waals surface area contributed by atoms with Crippen LogP contribution in [-0.4, -0.2) is 44.5 Å². The Labute approximate surface area is 147 Å². The Kier molecular flexibility index (Phi) is 4.96. The summed E-state index contributed by atoms with van der Waals surface area (Å²) >= 11 is 1.94. The number of fused-ring (bicyclic) bond motifs is 1. The number of aliphatic hydroxyl groups is 1. The average Bonchev–Trinajstić information content (AvgIpc) is 3.21. The fourth-order valence-electron chi connectivity index (χ4n) is 3.93. The molecule has 0 amide bonds. The number of piperidine rings is 1. The number of aliphatic hydroxyl groups excluding tert-OH is 1. The molecule has 0 spiro atoms. The van der Waals surface area contributed by atoms with E-state index in [9.17, 15) is 0 Å². The third-order valence-corrected chi connectivity index (χ3v) is 6.31. The Morgan fingerprint density at radius 1 is 1.25 bits per heavy atom. The van der Waals surface area contributed by atoms with Crippen molar-refractivity contribution < 1.29 is 5.11 Å². The maximum Gasteiger partial charge on any atom is 0.107 e. The number of hydrogen-bond acceptors (Lipinski definition) is 5. The lowest BCUT2D eigenvalue weighted by molar-refractivity contribution is 0.197. The van der Waals surface area contributed by atoms with Gasteiger partial charge in [0.05, 0.1) is 31.1 Å². The molecule has 0 radical (unpaired) electrons. The molecule has 0 aromatic carbocycles. The van der Waals surface area contributed by atoms with E-state index in [4.69, 9.17) is 10.1 Å². The van der Waals surface area contributed by atoms with Gasteiger partial charge >= 0.3 is 0 Å². The highest BCUT2D eigenvalue weighted by Crippen LogP contribution is 2.30. The lowest BCUT2D eigenvalue weighted by atomic mass is 9.95. The smallest absolute Gasteiger partial charge is 0.107 e. The molecule has 1 aliphatic heterocycles. The van der Waals surface area contributed by atoms with Crippen LogP contribution < -0.4 is 0 Å². The Morgan fingerprint density at radius 2 is 2.17 bits per heavy atom. The van der Waals surface area contributed by atoms with Gasteiger partial charge in [-0.15, -0.1) is 11.3 Å². The van der Waals surface area contributed by atoms with Crippen LogP contribution in [0.2, 0.25) is 0 Å². The van der Waals surface area contributed by atoms with Crippen LogP contribution in [0.4, 0.5) is 0 Å². The van der Waals surface area contributed by atoms with E-state index in [1.807, 2.05) is 22.2 Å². The van der Waals surface area contributed by atoms with Crippen LogP contribution in [0.15, 0.2) is 12.3 Å². The van der Waals surface area contributed by atoms with Crippen molar-refractivity contribution in [2.45, 2.75) is 57.5 Å². The molecule has 0 saturated carbocycles. The standard InChI is InChI=1S/C18H26N4OS/c23-11-10-22-9-7-15(20-22)14-4-3-8-21(12-14)13-18-19-16-5-1-2-6-17(16)24-18/h7,9,14,23H,1-6,8,10-13H2/t14-/m0/s1. The molecule has 4 rings (SSSR count). The highest BCUT2D eigenvalue weighted by Gasteiger charge is 2.24. The van der Waals surface area contributed by atoms with E-state index in [1.54, 1.807) is 0 Å². The molecule has 130 valence electrons. The first-order chi connectivity index (χ1) is 11.8. The zero-order valence-corrected chi connectivity index (χ0v) is 15.0. The van der Waals surface area contributed by atoms with Crippen molar-refractivity contribution in [2.24, 2.45) is 0 Å². The summed E-state index contributed by atoms with van der Waals surface area (Å²) < 4.78 is 1.85. The van der Waals surface area contributed by atoms with Crippen molar-refractivity contribution in [3.8, 4) is 0 Å². The normalized spacial score (nSPS) is 21.8. The highest BCUT2D eigenvalue weighted by atomic mass is 32.1. The largest absolute Gasteiger partial charge is 0.394 e. The Hall–Kier alpha value is -1.24. The van der Waals surface area contributed by atoms with Gasteiger partial charge in [-0.05, 0) is 51.1 Å². The molecule has 1 aliphatic carbocycles. The quantitative estimate of drug-likeness (QED) is 0.904. The number of nitrogens with zero attached hydrogens (tertiary/aromatic N) is 4. The van der Waals surface area contributed by atoms with Gasteiger partial charge in [0.1, 0.15) is 5.01 Å². The first-order valence-corrected chi connectivity index (χ1v) is 9.97. The third kappa shape index (κ3) is 3.55. The van der Waals surface area contributed by atoms with E-state index in [0.717, 1.165) is 19.6 Å². The zero-order chi connectivity index (χ0) is 16.4. The molecule has 0 unspecified atom stereocenters. The van der Waals surface area contributed by atoms with E-state index >= 15 is 0 Å². The number of hydrogen-bond donors (Lipinski definition) is 1. The molecule has 1 saturated heterocycles.